The number of hydrogen-bond acceptors (Lipinski definition) is 3. The molecule has 2 aromatic rings. The van der Waals surface area contributed by atoms with Crippen molar-refractivity contribution in [3.8, 4) is 0 Å². The molecule has 0 bridgehead atoms. The fourth-order valence-corrected chi connectivity index (χ4v) is 4.48. The predicted octanol–water partition coefficient (Wildman–Crippen LogP) is 6.23. The maximum absolute atomic E-state index is 13.2. The van der Waals surface area contributed by atoms with Crippen LogP contribution in [0.4, 0.5) is 11.4 Å². The van der Waals surface area contributed by atoms with Gasteiger partial charge in [0.15, 0.2) is 0 Å². The summed E-state index contributed by atoms with van der Waals surface area (Å²) in [6.07, 6.45) is 1.46. The largest absolute Gasteiger partial charge is 0.375 e. The first-order valence-corrected chi connectivity index (χ1v) is 10.2. The van der Waals surface area contributed by atoms with Gasteiger partial charge in [-0.15, -0.1) is 0 Å². The van der Waals surface area contributed by atoms with Crippen molar-refractivity contribution in [3.63, 3.8) is 0 Å². The molecule has 1 aliphatic carbocycles. The van der Waals surface area contributed by atoms with Crippen LogP contribution in [-0.4, -0.2) is 11.5 Å². The summed E-state index contributed by atoms with van der Waals surface area (Å²) in [6, 6.07) is 16.8. The Morgan fingerprint density at radius 3 is 2.36 bits per heavy atom. The summed E-state index contributed by atoms with van der Waals surface area (Å²) in [5.74, 6) is 0.0844. The molecule has 28 heavy (non-hydrogen) atoms. The summed E-state index contributed by atoms with van der Waals surface area (Å²) in [5.41, 5.74) is 5.47. The number of benzene rings is 2. The molecular weight excluding hydrogens is 344 g/mol. The van der Waals surface area contributed by atoms with Gasteiger partial charge < -0.3 is 5.32 Å². The molecule has 4 rings (SSSR count). The Morgan fingerprint density at radius 2 is 1.68 bits per heavy atom. The highest BCUT2D eigenvalue weighted by Gasteiger charge is 2.43. The van der Waals surface area contributed by atoms with Crippen molar-refractivity contribution in [2.45, 2.75) is 58.9 Å². The van der Waals surface area contributed by atoms with E-state index in [4.69, 9.17) is 4.99 Å². The van der Waals surface area contributed by atoms with Crippen molar-refractivity contribution >= 4 is 22.9 Å². The molecule has 3 nitrogen and oxygen atoms in total. The molecule has 2 aromatic carbocycles. The van der Waals surface area contributed by atoms with E-state index >= 15 is 0 Å². The standard InChI is InChI=1S/C25H30N2O/c1-24(2,3)17-12-10-16(11-13-17)23-22-20(14-25(4,5)15-21(22)28)26-18-8-6-7-9-19(18)27-23/h6-13,22-23,27H,14-15H2,1-5H3/t22-,23-/m0/s1. The van der Waals surface area contributed by atoms with E-state index in [1.807, 2.05) is 18.2 Å². The number of ketones is 1. The first kappa shape index (κ1) is 18.9. The van der Waals surface area contributed by atoms with E-state index in [9.17, 15) is 4.79 Å². The van der Waals surface area contributed by atoms with Crippen molar-refractivity contribution in [1.82, 2.24) is 0 Å². The normalized spacial score (nSPS) is 23.8. The SMILES string of the molecule is CC1(C)CC(=O)[C@@H]2C(=Nc3ccccc3N[C@H]2c2ccc(C(C)(C)C)cc2)C1. The Balaban J connectivity index is 1.80. The van der Waals surface area contributed by atoms with Gasteiger partial charge in [-0.2, -0.15) is 0 Å². The van der Waals surface area contributed by atoms with E-state index in [1.165, 1.54) is 5.56 Å². The average Bonchev–Trinajstić information content (AvgIpc) is 2.76. The number of Topliss-reactive ketones (excluding diaryl/α,β-unsaturated/α-hetero) is 1. The molecular formula is C25H30N2O. The first-order chi connectivity index (χ1) is 13.1. The van der Waals surface area contributed by atoms with Crippen molar-refractivity contribution < 1.29 is 4.79 Å². The zero-order valence-corrected chi connectivity index (χ0v) is 17.5. The maximum Gasteiger partial charge on any atom is 0.144 e. The zero-order valence-electron chi connectivity index (χ0n) is 17.5. The summed E-state index contributed by atoms with van der Waals surface area (Å²) in [5, 5.41) is 3.66. The highest BCUT2D eigenvalue weighted by Crippen LogP contribution is 2.45. The molecule has 1 heterocycles. The van der Waals surface area contributed by atoms with E-state index in [0.717, 1.165) is 29.1 Å². The number of rotatable bonds is 1. The summed E-state index contributed by atoms with van der Waals surface area (Å²) < 4.78 is 0. The number of carbonyl (C=O) groups excluding carboxylic acids is 1. The third-order valence-electron chi connectivity index (χ3n) is 5.97. The van der Waals surface area contributed by atoms with E-state index in [1.54, 1.807) is 0 Å². The van der Waals surface area contributed by atoms with Crippen LogP contribution in [0, 0.1) is 11.3 Å². The number of carbonyl (C=O) groups is 1. The number of nitrogens with zero attached hydrogens (tertiary/aromatic N) is 1. The predicted molar refractivity (Wildman–Crippen MR) is 117 cm³/mol. The third kappa shape index (κ3) is 3.50. The van der Waals surface area contributed by atoms with Crippen molar-refractivity contribution in [2.24, 2.45) is 16.3 Å². The molecule has 1 aliphatic heterocycles. The van der Waals surface area contributed by atoms with Gasteiger partial charge in [0.2, 0.25) is 0 Å². The first-order valence-electron chi connectivity index (χ1n) is 10.2. The Kier molecular flexibility index (Phi) is 4.45. The van der Waals surface area contributed by atoms with Crippen LogP contribution in [0.5, 0.6) is 0 Å². The molecule has 146 valence electrons. The smallest absolute Gasteiger partial charge is 0.144 e. The number of nitrogens with one attached hydrogen (secondary N) is 1. The molecule has 2 aliphatic rings. The van der Waals surface area contributed by atoms with Gasteiger partial charge in [-0.25, -0.2) is 0 Å². The molecule has 0 unspecified atom stereocenters. The molecule has 0 spiro atoms. The number of para-hydroxylation sites is 2. The van der Waals surface area contributed by atoms with Crippen LogP contribution in [0.25, 0.3) is 0 Å². The maximum atomic E-state index is 13.2. The monoisotopic (exact) mass is 374 g/mol. The lowest BCUT2D eigenvalue weighted by atomic mass is 9.68. The quantitative estimate of drug-likeness (QED) is 0.643. The zero-order chi connectivity index (χ0) is 20.1. The third-order valence-corrected chi connectivity index (χ3v) is 5.97. The van der Waals surface area contributed by atoms with Gasteiger partial charge in [-0.05, 0) is 40.5 Å². The summed E-state index contributed by atoms with van der Waals surface area (Å²) >= 11 is 0. The van der Waals surface area contributed by atoms with Gasteiger partial charge in [-0.3, -0.25) is 9.79 Å². The molecule has 0 radical (unpaired) electrons. The average molecular weight is 375 g/mol. The summed E-state index contributed by atoms with van der Waals surface area (Å²) in [6.45, 7) is 11.0. The van der Waals surface area contributed by atoms with Crippen LogP contribution in [0.2, 0.25) is 0 Å². The molecule has 2 atom stereocenters. The van der Waals surface area contributed by atoms with Gasteiger partial charge in [0, 0.05) is 12.1 Å². The van der Waals surface area contributed by atoms with Gasteiger partial charge in [0.25, 0.3) is 0 Å². The van der Waals surface area contributed by atoms with Crippen molar-refractivity contribution in [3.05, 3.63) is 59.7 Å². The number of anilines is 1. The molecule has 0 aromatic heterocycles. The lowest BCUT2D eigenvalue weighted by Crippen LogP contribution is -2.42. The minimum atomic E-state index is -0.207. The van der Waals surface area contributed by atoms with Crippen LogP contribution in [0.15, 0.2) is 53.5 Å². The van der Waals surface area contributed by atoms with Crippen LogP contribution >= 0.6 is 0 Å². The van der Waals surface area contributed by atoms with E-state index in [2.05, 4.69) is 70.3 Å². The second-order valence-electron chi connectivity index (χ2n) is 10.1. The topological polar surface area (TPSA) is 41.5 Å². The van der Waals surface area contributed by atoms with E-state index in [0.29, 0.717) is 12.2 Å². The Hall–Kier alpha value is -2.42. The fraction of sp³-hybridized carbons (Fsp3) is 0.440. The number of aliphatic imine (C=N–C) groups is 1. The van der Waals surface area contributed by atoms with Crippen LogP contribution < -0.4 is 5.32 Å². The molecule has 1 fully saturated rings. The van der Waals surface area contributed by atoms with Crippen molar-refractivity contribution in [1.29, 1.82) is 0 Å². The Labute approximate surface area is 168 Å². The summed E-state index contributed by atoms with van der Waals surface area (Å²) in [4.78, 5) is 18.2. The summed E-state index contributed by atoms with van der Waals surface area (Å²) in [7, 11) is 0. The second-order valence-corrected chi connectivity index (χ2v) is 10.1. The van der Waals surface area contributed by atoms with E-state index < -0.39 is 0 Å². The van der Waals surface area contributed by atoms with Gasteiger partial charge >= 0.3 is 0 Å². The molecule has 0 saturated heterocycles. The lowest BCUT2D eigenvalue weighted by molar-refractivity contribution is -0.124. The Bertz CT molecular complexity index is 932. The van der Waals surface area contributed by atoms with Crippen molar-refractivity contribution in [2.75, 3.05) is 5.32 Å². The van der Waals surface area contributed by atoms with Gasteiger partial charge in [0.1, 0.15) is 5.78 Å². The highest BCUT2D eigenvalue weighted by atomic mass is 16.1. The minimum absolute atomic E-state index is 0.0354. The molecule has 1 N–H and O–H groups in total. The Morgan fingerprint density at radius 1 is 1.00 bits per heavy atom. The van der Waals surface area contributed by atoms with E-state index in [-0.39, 0.29) is 22.8 Å². The molecule has 1 saturated carbocycles. The lowest BCUT2D eigenvalue weighted by Gasteiger charge is -2.37. The minimum Gasteiger partial charge on any atom is -0.375 e. The van der Waals surface area contributed by atoms with Gasteiger partial charge in [-0.1, -0.05) is 71.0 Å². The highest BCUT2D eigenvalue weighted by molar-refractivity contribution is 6.10. The number of hydrogen-bond donors (Lipinski definition) is 1. The fourth-order valence-electron chi connectivity index (χ4n) is 4.48. The molecule has 3 heteroatoms. The molecule has 0 amide bonds. The van der Waals surface area contributed by atoms with Crippen LogP contribution in [0.1, 0.15) is 64.6 Å². The van der Waals surface area contributed by atoms with Crippen LogP contribution in [0.3, 0.4) is 0 Å². The van der Waals surface area contributed by atoms with Crippen LogP contribution in [-0.2, 0) is 10.2 Å². The number of fused-ring (bicyclic) bond motifs is 2. The second kappa shape index (κ2) is 6.58. The van der Waals surface area contributed by atoms with Gasteiger partial charge in [0.05, 0.1) is 23.3 Å².